The number of hydrogen-bond donors (Lipinski definition) is 1. The zero-order valence-electron chi connectivity index (χ0n) is 7.76. The lowest BCUT2D eigenvalue weighted by Crippen LogP contribution is -2.14. The fourth-order valence-electron chi connectivity index (χ4n) is 1.09. The van der Waals surface area contributed by atoms with Gasteiger partial charge in [-0.3, -0.25) is 0 Å². The van der Waals surface area contributed by atoms with Gasteiger partial charge in [-0.15, -0.1) is 0 Å². The maximum absolute atomic E-state index is 8.67. The van der Waals surface area contributed by atoms with Gasteiger partial charge in [-0.25, -0.2) is 0 Å². The second kappa shape index (κ2) is 5.43. The number of nitrogens with one attached hydrogen (secondary N) is 1. The van der Waals surface area contributed by atoms with Crippen LogP contribution in [0.15, 0.2) is 35.9 Å². The molecule has 0 aliphatic rings. The highest BCUT2D eigenvalue weighted by atomic mass is 35.5. The number of benzene rings is 1. The summed E-state index contributed by atoms with van der Waals surface area (Å²) < 4.78 is 0. The Labute approximate surface area is 88.8 Å². The highest BCUT2D eigenvalue weighted by Gasteiger charge is 1.94. The molecule has 0 atom stereocenters. The van der Waals surface area contributed by atoms with Crippen molar-refractivity contribution < 1.29 is 0 Å². The van der Waals surface area contributed by atoms with E-state index in [1.807, 2.05) is 18.2 Å². The highest BCUT2D eigenvalue weighted by molar-refractivity contribution is 6.29. The zero-order chi connectivity index (χ0) is 10.4. The SMILES string of the molecule is C=C(Cl)CNCc1cccc(C#N)c1. The van der Waals surface area contributed by atoms with E-state index >= 15 is 0 Å². The monoisotopic (exact) mass is 206 g/mol. The van der Waals surface area contributed by atoms with Crippen LogP contribution in [-0.4, -0.2) is 6.54 Å². The maximum Gasteiger partial charge on any atom is 0.0991 e. The summed E-state index contributed by atoms with van der Waals surface area (Å²) in [7, 11) is 0. The Morgan fingerprint density at radius 2 is 2.36 bits per heavy atom. The minimum Gasteiger partial charge on any atom is -0.308 e. The van der Waals surface area contributed by atoms with Crippen LogP contribution in [-0.2, 0) is 6.54 Å². The van der Waals surface area contributed by atoms with Gasteiger partial charge in [0.15, 0.2) is 0 Å². The first-order chi connectivity index (χ1) is 6.72. The van der Waals surface area contributed by atoms with Gasteiger partial charge in [0.1, 0.15) is 0 Å². The Kier molecular flexibility index (Phi) is 4.18. The Morgan fingerprint density at radius 1 is 1.57 bits per heavy atom. The molecule has 0 fully saturated rings. The van der Waals surface area contributed by atoms with E-state index in [0.717, 1.165) is 5.56 Å². The molecule has 2 nitrogen and oxygen atoms in total. The first kappa shape index (κ1) is 10.8. The predicted molar refractivity (Wildman–Crippen MR) is 57.9 cm³/mol. The summed E-state index contributed by atoms with van der Waals surface area (Å²) in [6, 6.07) is 9.56. The molecule has 0 aliphatic heterocycles. The van der Waals surface area contributed by atoms with Crippen LogP contribution in [0, 0.1) is 11.3 Å². The second-order valence-corrected chi connectivity index (χ2v) is 3.47. The van der Waals surface area contributed by atoms with Crippen LogP contribution in [0.1, 0.15) is 11.1 Å². The van der Waals surface area contributed by atoms with Crippen molar-refractivity contribution in [2.24, 2.45) is 0 Å². The number of hydrogen-bond acceptors (Lipinski definition) is 2. The van der Waals surface area contributed by atoms with Gasteiger partial charge < -0.3 is 5.32 Å². The third-order valence-corrected chi connectivity index (χ3v) is 1.84. The predicted octanol–water partition coefficient (Wildman–Crippen LogP) is 2.40. The molecule has 1 aromatic carbocycles. The maximum atomic E-state index is 8.67. The summed E-state index contributed by atoms with van der Waals surface area (Å²) in [5, 5.41) is 12.4. The molecular weight excluding hydrogens is 196 g/mol. The average molecular weight is 207 g/mol. The zero-order valence-corrected chi connectivity index (χ0v) is 8.51. The molecule has 0 spiro atoms. The molecule has 72 valence electrons. The molecule has 0 aliphatic carbocycles. The summed E-state index contributed by atoms with van der Waals surface area (Å²) in [5.41, 5.74) is 1.75. The molecule has 1 rings (SSSR count). The average Bonchev–Trinajstić information content (AvgIpc) is 2.18. The number of rotatable bonds is 4. The molecule has 0 heterocycles. The van der Waals surface area contributed by atoms with E-state index in [1.54, 1.807) is 6.07 Å². The van der Waals surface area contributed by atoms with Crippen molar-refractivity contribution in [3.8, 4) is 6.07 Å². The molecule has 1 aromatic rings. The van der Waals surface area contributed by atoms with Crippen LogP contribution in [0.5, 0.6) is 0 Å². The molecule has 14 heavy (non-hydrogen) atoms. The largest absolute Gasteiger partial charge is 0.308 e. The normalized spacial score (nSPS) is 9.43. The third-order valence-electron chi connectivity index (χ3n) is 1.70. The fraction of sp³-hybridized carbons (Fsp3) is 0.182. The lowest BCUT2D eigenvalue weighted by Gasteiger charge is -2.03. The first-order valence-corrected chi connectivity index (χ1v) is 4.63. The fourth-order valence-corrected chi connectivity index (χ4v) is 1.19. The van der Waals surface area contributed by atoms with E-state index in [2.05, 4.69) is 18.0 Å². The van der Waals surface area contributed by atoms with E-state index in [-0.39, 0.29) is 0 Å². The van der Waals surface area contributed by atoms with Crippen molar-refractivity contribution in [3.05, 3.63) is 47.0 Å². The molecule has 0 saturated carbocycles. The Hall–Kier alpha value is -1.30. The highest BCUT2D eigenvalue weighted by Crippen LogP contribution is 2.04. The number of nitrogens with zero attached hydrogens (tertiary/aromatic N) is 1. The summed E-state index contributed by atoms with van der Waals surface area (Å²) >= 11 is 5.59. The van der Waals surface area contributed by atoms with Gasteiger partial charge in [0.05, 0.1) is 11.6 Å². The standard InChI is InChI=1S/C11H11ClN2/c1-9(12)7-14-8-11-4-2-3-10(5-11)6-13/h2-5,14H,1,7-8H2. The molecule has 0 saturated heterocycles. The van der Waals surface area contributed by atoms with Crippen molar-refractivity contribution in [1.82, 2.24) is 5.32 Å². The number of halogens is 1. The van der Waals surface area contributed by atoms with Crippen LogP contribution in [0.2, 0.25) is 0 Å². The Morgan fingerprint density at radius 3 is 3.00 bits per heavy atom. The van der Waals surface area contributed by atoms with Gasteiger partial charge in [0, 0.05) is 18.1 Å². The van der Waals surface area contributed by atoms with Crippen LogP contribution in [0.4, 0.5) is 0 Å². The quantitative estimate of drug-likeness (QED) is 0.821. The summed E-state index contributed by atoms with van der Waals surface area (Å²) in [6.07, 6.45) is 0. The van der Waals surface area contributed by atoms with E-state index < -0.39 is 0 Å². The number of nitriles is 1. The van der Waals surface area contributed by atoms with Crippen LogP contribution in [0.3, 0.4) is 0 Å². The van der Waals surface area contributed by atoms with Gasteiger partial charge in [-0.1, -0.05) is 30.3 Å². The summed E-state index contributed by atoms with van der Waals surface area (Å²) in [6.45, 7) is 4.85. The lowest BCUT2D eigenvalue weighted by atomic mass is 10.1. The molecule has 3 heteroatoms. The first-order valence-electron chi connectivity index (χ1n) is 4.25. The van der Waals surface area contributed by atoms with Gasteiger partial charge >= 0.3 is 0 Å². The molecule has 0 amide bonds. The molecular formula is C11H11ClN2. The molecule has 0 aromatic heterocycles. The molecule has 1 N–H and O–H groups in total. The minimum atomic E-state index is 0.582. The van der Waals surface area contributed by atoms with Crippen molar-refractivity contribution in [2.45, 2.75) is 6.54 Å². The van der Waals surface area contributed by atoms with E-state index in [1.165, 1.54) is 0 Å². The lowest BCUT2D eigenvalue weighted by molar-refractivity contribution is 0.755. The van der Waals surface area contributed by atoms with Gasteiger partial charge in [0.25, 0.3) is 0 Å². The molecule has 0 unspecified atom stereocenters. The third kappa shape index (κ3) is 3.61. The van der Waals surface area contributed by atoms with Crippen LogP contribution >= 0.6 is 11.6 Å². The van der Waals surface area contributed by atoms with Crippen molar-refractivity contribution in [3.63, 3.8) is 0 Å². The topological polar surface area (TPSA) is 35.8 Å². The smallest absolute Gasteiger partial charge is 0.0991 e. The van der Waals surface area contributed by atoms with Crippen molar-refractivity contribution in [2.75, 3.05) is 6.54 Å². The van der Waals surface area contributed by atoms with Crippen LogP contribution < -0.4 is 5.32 Å². The van der Waals surface area contributed by atoms with E-state index in [0.29, 0.717) is 23.7 Å². The molecule has 0 radical (unpaired) electrons. The minimum absolute atomic E-state index is 0.582. The Bertz CT molecular complexity index is 366. The summed E-state index contributed by atoms with van der Waals surface area (Å²) in [4.78, 5) is 0. The Balaban J connectivity index is 2.51. The molecule has 0 bridgehead atoms. The van der Waals surface area contributed by atoms with Crippen molar-refractivity contribution >= 4 is 11.6 Å². The van der Waals surface area contributed by atoms with Gasteiger partial charge in [-0.05, 0) is 17.7 Å². The van der Waals surface area contributed by atoms with Crippen molar-refractivity contribution in [1.29, 1.82) is 5.26 Å². The van der Waals surface area contributed by atoms with Gasteiger partial charge in [0.2, 0.25) is 0 Å². The van der Waals surface area contributed by atoms with E-state index in [9.17, 15) is 0 Å². The summed E-state index contributed by atoms with van der Waals surface area (Å²) in [5.74, 6) is 0. The second-order valence-electron chi connectivity index (χ2n) is 2.93. The van der Waals surface area contributed by atoms with Crippen LogP contribution in [0.25, 0.3) is 0 Å². The van der Waals surface area contributed by atoms with Gasteiger partial charge in [-0.2, -0.15) is 5.26 Å². The van der Waals surface area contributed by atoms with E-state index in [4.69, 9.17) is 16.9 Å².